The van der Waals surface area contributed by atoms with E-state index in [-0.39, 0.29) is 31.3 Å². The minimum absolute atomic E-state index is 0.0306. The van der Waals surface area contributed by atoms with E-state index in [1.54, 1.807) is 0 Å². The standard InChI is InChI=1S/C55H101N2O7P/c1-7-10-13-16-19-22-25-28-30-32-35-38-41-44-47-54(58)56-52(51-63-65(60,61)62-50-49-57(4,5)6)53(46-43-40-37-34-31-27-24-21-18-15-12-9-3)64-55(59)48-45-42-39-36-33-29-26-23-20-17-14-11-8-2/h10,13,19,22,28-30,33,43,46,52-53H,7-9,11-12,14-18,20-21,23-27,31-32,34-42,44-45,47-51H2,1-6H3,(H-,56,58,60,61)/b13-10+,22-19+,30-28+,33-29-,46-43+. The number of esters is 1. The van der Waals surface area contributed by atoms with Gasteiger partial charge in [-0.25, -0.2) is 0 Å². The number of hydrogen-bond acceptors (Lipinski definition) is 7. The predicted octanol–water partition coefficient (Wildman–Crippen LogP) is 14.9. The average Bonchev–Trinajstić information content (AvgIpc) is 3.26. The van der Waals surface area contributed by atoms with Crippen LogP contribution in [0.4, 0.5) is 0 Å². The number of phosphoric ester groups is 1. The van der Waals surface area contributed by atoms with Crippen molar-refractivity contribution in [2.45, 2.75) is 238 Å². The Kier molecular flexibility index (Phi) is 43.9. The molecule has 378 valence electrons. The minimum Gasteiger partial charge on any atom is -0.756 e. The molecule has 0 aliphatic heterocycles. The van der Waals surface area contributed by atoms with Crippen LogP contribution in [-0.4, -0.2) is 69.4 Å². The van der Waals surface area contributed by atoms with Gasteiger partial charge in [0.1, 0.15) is 19.3 Å². The third-order valence-corrected chi connectivity index (χ3v) is 12.4. The number of amides is 1. The lowest BCUT2D eigenvalue weighted by Crippen LogP contribution is -2.47. The molecule has 0 saturated carbocycles. The number of carbonyl (C=O) groups is 2. The van der Waals surface area contributed by atoms with Crippen LogP contribution < -0.4 is 10.2 Å². The fourth-order valence-electron chi connectivity index (χ4n) is 7.29. The van der Waals surface area contributed by atoms with Crippen LogP contribution in [-0.2, 0) is 27.9 Å². The number of likely N-dealkylation sites (N-methyl/N-ethyl adjacent to an activating group) is 1. The average molecular weight is 933 g/mol. The van der Waals surface area contributed by atoms with E-state index in [9.17, 15) is 19.0 Å². The molecule has 0 aromatic carbocycles. The molecule has 0 fully saturated rings. The fraction of sp³-hybridized carbons (Fsp3) is 0.782. The molecule has 1 N–H and O–H groups in total. The van der Waals surface area contributed by atoms with E-state index in [2.05, 4.69) is 74.7 Å². The molecule has 0 bridgehead atoms. The fourth-order valence-corrected chi connectivity index (χ4v) is 8.02. The summed E-state index contributed by atoms with van der Waals surface area (Å²) in [4.78, 5) is 39.7. The van der Waals surface area contributed by atoms with Crippen molar-refractivity contribution in [2.24, 2.45) is 0 Å². The zero-order valence-electron chi connectivity index (χ0n) is 42.9. The third-order valence-electron chi connectivity index (χ3n) is 11.4. The topological polar surface area (TPSA) is 114 Å². The highest BCUT2D eigenvalue weighted by molar-refractivity contribution is 7.45. The molecule has 9 nitrogen and oxygen atoms in total. The molecule has 0 spiro atoms. The molecule has 0 heterocycles. The van der Waals surface area contributed by atoms with Gasteiger partial charge in [0.25, 0.3) is 7.82 Å². The Hall–Kier alpha value is -2.29. The van der Waals surface area contributed by atoms with Gasteiger partial charge < -0.3 is 28.5 Å². The van der Waals surface area contributed by atoms with Gasteiger partial charge in [-0.05, 0) is 89.5 Å². The Labute approximate surface area is 401 Å². The predicted molar refractivity (Wildman–Crippen MR) is 275 cm³/mol. The number of unbranched alkanes of at least 4 members (excludes halogenated alkanes) is 23. The van der Waals surface area contributed by atoms with Gasteiger partial charge in [0.05, 0.1) is 33.8 Å². The maximum absolute atomic E-state index is 13.4. The smallest absolute Gasteiger partial charge is 0.306 e. The quantitative estimate of drug-likeness (QED) is 0.0212. The van der Waals surface area contributed by atoms with Gasteiger partial charge in [0, 0.05) is 12.8 Å². The maximum atomic E-state index is 13.4. The van der Waals surface area contributed by atoms with E-state index in [1.807, 2.05) is 33.3 Å². The lowest BCUT2D eigenvalue weighted by molar-refractivity contribution is -0.870. The molecular weight excluding hydrogens is 832 g/mol. The Morgan fingerprint density at radius 1 is 0.554 bits per heavy atom. The molecule has 3 unspecified atom stereocenters. The van der Waals surface area contributed by atoms with Crippen molar-refractivity contribution in [3.63, 3.8) is 0 Å². The largest absolute Gasteiger partial charge is 0.756 e. The summed E-state index contributed by atoms with van der Waals surface area (Å²) in [5.74, 6) is -0.588. The molecule has 1 amide bonds. The van der Waals surface area contributed by atoms with E-state index < -0.39 is 26.6 Å². The summed E-state index contributed by atoms with van der Waals surface area (Å²) in [6, 6.07) is -0.904. The summed E-state index contributed by atoms with van der Waals surface area (Å²) in [7, 11) is 1.16. The Morgan fingerprint density at radius 2 is 0.985 bits per heavy atom. The van der Waals surface area contributed by atoms with Crippen molar-refractivity contribution in [1.82, 2.24) is 5.32 Å². The molecule has 0 aliphatic rings. The first-order valence-electron chi connectivity index (χ1n) is 26.6. The number of phosphoric acid groups is 1. The van der Waals surface area contributed by atoms with Crippen LogP contribution in [0.5, 0.6) is 0 Å². The monoisotopic (exact) mass is 933 g/mol. The van der Waals surface area contributed by atoms with Crippen LogP contribution in [0.1, 0.15) is 226 Å². The zero-order valence-corrected chi connectivity index (χ0v) is 43.8. The number of nitrogens with one attached hydrogen (secondary N) is 1. The molecule has 0 rings (SSSR count). The molecule has 0 aromatic heterocycles. The number of allylic oxidation sites excluding steroid dienone is 9. The highest BCUT2D eigenvalue weighted by Gasteiger charge is 2.27. The first kappa shape index (κ1) is 62.7. The number of carbonyl (C=O) groups excluding carboxylic acids is 2. The molecule has 10 heteroatoms. The van der Waals surface area contributed by atoms with Crippen molar-refractivity contribution in [3.05, 3.63) is 60.8 Å². The highest BCUT2D eigenvalue weighted by Crippen LogP contribution is 2.38. The summed E-state index contributed by atoms with van der Waals surface area (Å²) in [5, 5.41) is 2.99. The summed E-state index contributed by atoms with van der Waals surface area (Å²) in [6.45, 7) is 6.67. The Morgan fingerprint density at radius 3 is 1.51 bits per heavy atom. The number of ether oxygens (including phenoxy) is 1. The summed E-state index contributed by atoms with van der Waals surface area (Å²) in [6.07, 6.45) is 54.7. The van der Waals surface area contributed by atoms with Crippen molar-refractivity contribution < 1.29 is 37.3 Å². The van der Waals surface area contributed by atoms with Crippen LogP contribution in [0, 0.1) is 0 Å². The van der Waals surface area contributed by atoms with Gasteiger partial charge >= 0.3 is 5.97 Å². The van der Waals surface area contributed by atoms with Crippen LogP contribution in [0.25, 0.3) is 0 Å². The highest BCUT2D eigenvalue weighted by atomic mass is 31.2. The van der Waals surface area contributed by atoms with E-state index in [0.717, 1.165) is 89.9 Å². The van der Waals surface area contributed by atoms with Crippen LogP contribution in [0.15, 0.2) is 60.8 Å². The molecule has 0 aliphatic carbocycles. The van der Waals surface area contributed by atoms with E-state index in [1.165, 1.54) is 89.9 Å². The van der Waals surface area contributed by atoms with Gasteiger partial charge in [-0.2, -0.15) is 0 Å². The lowest BCUT2D eigenvalue weighted by Gasteiger charge is -2.30. The van der Waals surface area contributed by atoms with Gasteiger partial charge in [-0.3, -0.25) is 14.2 Å². The van der Waals surface area contributed by atoms with Gasteiger partial charge in [-0.15, -0.1) is 0 Å². The third kappa shape index (κ3) is 46.6. The summed E-state index contributed by atoms with van der Waals surface area (Å²) >= 11 is 0. The number of rotatable bonds is 47. The van der Waals surface area contributed by atoms with Crippen LogP contribution >= 0.6 is 7.82 Å². The van der Waals surface area contributed by atoms with E-state index >= 15 is 0 Å². The molecule has 3 atom stereocenters. The second kappa shape index (κ2) is 45.5. The Bertz CT molecular complexity index is 1300. The minimum atomic E-state index is -4.70. The second-order valence-electron chi connectivity index (χ2n) is 19.0. The number of quaternary nitrogens is 1. The number of hydrogen-bond donors (Lipinski definition) is 1. The molecule has 0 aromatic rings. The van der Waals surface area contributed by atoms with Crippen LogP contribution in [0.3, 0.4) is 0 Å². The molecule has 0 radical (unpaired) electrons. The maximum Gasteiger partial charge on any atom is 0.306 e. The van der Waals surface area contributed by atoms with E-state index in [4.69, 9.17) is 13.8 Å². The first-order valence-corrected chi connectivity index (χ1v) is 28.1. The first-order chi connectivity index (χ1) is 31.4. The van der Waals surface area contributed by atoms with Crippen molar-refractivity contribution in [2.75, 3.05) is 40.9 Å². The zero-order chi connectivity index (χ0) is 48.0. The number of nitrogens with zero attached hydrogens (tertiary/aromatic N) is 1. The van der Waals surface area contributed by atoms with Gasteiger partial charge in [-0.1, -0.05) is 185 Å². The van der Waals surface area contributed by atoms with E-state index in [0.29, 0.717) is 23.9 Å². The van der Waals surface area contributed by atoms with Crippen molar-refractivity contribution in [3.8, 4) is 0 Å². The Balaban J connectivity index is 5.49. The lowest BCUT2D eigenvalue weighted by atomic mass is 10.0. The normalized spacial score (nSPS) is 14.4. The molecular formula is C55H101N2O7P. The van der Waals surface area contributed by atoms with Crippen molar-refractivity contribution >= 4 is 19.7 Å². The van der Waals surface area contributed by atoms with Crippen molar-refractivity contribution in [1.29, 1.82) is 0 Å². The molecule has 65 heavy (non-hydrogen) atoms. The van der Waals surface area contributed by atoms with Crippen LogP contribution in [0.2, 0.25) is 0 Å². The molecule has 0 saturated heterocycles. The van der Waals surface area contributed by atoms with Gasteiger partial charge in [0.15, 0.2) is 0 Å². The van der Waals surface area contributed by atoms with Gasteiger partial charge in [0.2, 0.25) is 5.91 Å². The summed E-state index contributed by atoms with van der Waals surface area (Å²) in [5.41, 5.74) is 0. The second-order valence-corrected chi connectivity index (χ2v) is 20.4. The SMILES string of the molecule is CC/C=C/C/C=C/C/C=C/CCCCCCC(=O)NC(COP(=O)([O-])OCC[N+](C)(C)C)C(/C=C/CCCCCCCCCCCC)OC(=O)CCCCC/C=C\CCCCCCCC. The summed E-state index contributed by atoms with van der Waals surface area (Å²) < 4.78 is 30.1.